The van der Waals surface area contributed by atoms with Gasteiger partial charge in [-0.25, -0.2) is 0 Å². The zero-order valence-corrected chi connectivity index (χ0v) is 9.84. The van der Waals surface area contributed by atoms with Crippen molar-refractivity contribution in [2.75, 3.05) is 13.1 Å². The van der Waals surface area contributed by atoms with Crippen molar-refractivity contribution >= 4 is 5.97 Å². The average molecular weight is 238 g/mol. The molecule has 1 fully saturated rings. The van der Waals surface area contributed by atoms with Gasteiger partial charge in [0.25, 0.3) is 0 Å². The lowest BCUT2D eigenvalue weighted by Gasteiger charge is -2.31. The van der Waals surface area contributed by atoms with Crippen LogP contribution in [0.25, 0.3) is 0 Å². The second-order valence-electron chi connectivity index (χ2n) is 4.65. The molecule has 0 amide bonds. The van der Waals surface area contributed by atoms with E-state index in [-0.39, 0.29) is 6.42 Å². The minimum absolute atomic E-state index is 0.279. The summed E-state index contributed by atoms with van der Waals surface area (Å²) >= 11 is 0. The highest BCUT2D eigenvalue weighted by atomic mass is 16.5. The zero-order valence-electron chi connectivity index (χ0n) is 9.84. The van der Waals surface area contributed by atoms with Gasteiger partial charge in [0, 0.05) is 19.0 Å². The van der Waals surface area contributed by atoms with Crippen molar-refractivity contribution in [1.29, 1.82) is 0 Å². The number of nitrogens with zero attached hydrogens (tertiary/aromatic N) is 2. The Morgan fingerprint density at radius 1 is 1.65 bits per heavy atom. The molecule has 0 aliphatic carbocycles. The lowest BCUT2D eigenvalue weighted by atomic mass is 9.93. The van der Waals surface area contributed by atoms with Gasteiger partial charge in [-0.2, -0.15) is 0 Å². The van der Waals surface area contributed by atoms with E-state index in [2.05, 4.69) is 10.1 Å². The van der Waals surface area contributed by atoms with Gasteiger partial charge < -0.3 is 9.63 Å². The predicted octanol–water partition coefficient (Wildman–Crippen LogP) is 1.75. The number of hydrogen-bond acceptors (Lipinski definition) is 4. The Balaban J connectivity index is 1.78. The van der Waals surface area contributed by atoms with E-state index in [1.807, 2.05) is 6.07 Å². The molecule has 1 aromatic rings. The molecule has 1 unspecified atom stereocenters. The molecule has 5 nitrogen and oxygen atoms in total. The quantitative estimate of drug-likeness (QED) is 0.846. The van der Waals surface area contributed by atoms with Crippen molar-refractivity contribution in [2.45, 2.75) is 32.2 Å². The van der Waals surface area contributed by atoms with Crippen LogP contribution in [0.2, 0.25) is 0 Å². The molecule has 1 aliphatic rings. The number of rotatable bonds is 5. The standard InChI is InChI=1S/C12H18N2O3/c15-12(16)4-3-10-2-1-7-14(8-10)9-11-5-6-13-17-11/h5-6,10H,1-4,7-9H2,(H,15,16). The Hall–Kier alpha value is -1.36. The fourth-order valence-electron chi connectivity index (χ4n) is 2.40. The summed E-state index contributed by atoms with van der Waals surface area (Å²) in [5, 5.41) is 12.4. The van der Waals surface area contributed by atoms with Gasteiger partial charge in [0.2, 0.25) is 0 Å². The maximum atomic E-state index is 10.5. The Kier molecular flexibility index (Phi) is 4.14. The van der Waals surface area contributed by atoms with E-state index in [1.54, 1.807) is 6.20 Å². The highest BCUT2D eigenvalue weighted by molar-refractivity contribution is 5.66. The van der Waals surface area contributed by atoms with Crippen molar-refractivity contribution in [3.63, 3.8) is 0 Å². The summed E-state index contributed by atoms with van der Waals surface area (Å²) in [4.78, 5) is 12.9. The van der Waals surface area contributed by atoms with Crippen LogP contribution in [0.1, 0.15) is 31.4 Å². The Bertz CT molecular complexity index is 351. The zero-order chi connectivity index (χ0) is 12.1. The molecule has 1 N–H and O–H groups in total. The molecule has 1 atom stereocenters. The summed E-state index contributed by atoms with van der Waals surface area (Å²) in [6.45, 7) is 2.81. The summed E-state index contributed by atoms with van der Waals surface area (Å²) in [7, 11) is 0. The van der Waals surface area contributed by atoms with Crippen molar-refractivity contribution in [1.82, 2.24) is 10.1 Å². The minimum atomic E-state index is -0.697. The van der Waals surface area contributed by atoms with Crippen molar-refractivity contribution in [2.24, 2.45) is 5.92 Å². The average Bonchev–Trinajstić information content (AvgIpc) is 2.80. The number of aliphatic carboxylic acids is 1. The molecule has 94 valence electrons. The smallest absolute Gasteiger partial charge is 0.303 e. The van der Waals surface area contributed by atoms with E-state index < -0.39 is 5.97 Å². The first-order valence-corrected chi connectivity index (χ1v) is 6.08. The molecule has 1 aromatic heterocycles. The van der Waals surface area contributed by atoms with Gasteiger partial charge >= 0.3 is 5.97 Å². The van der Waals surface area contributed by atoms with E-state index in [0.717, 1.165) is 44.7 Å². The molecule has 2 rings (SSSR count). The normalized spacial score (nSPS) is 21.5. The van der Waals surface area contributed by atoms with Gasteiger partial charge in [-0.3, -0.25) is 9.69 Å². The largest absolute Gasteiger partial charge is 0.481 e. The number of piperidine rings is 1. The molecule has 0 saturated carbocycles. The summed E-state index contributed by atoms with van der Waals surface area (Å²) in [6, 6.07) is 1.88. The molecule has 17 heavy (non-hydrogen) atoms. The van der Waals surface area contributed by atoms with E-state index in [1.165, 1.54) is 0 Å². The summed E-state index contributed by atoms with van der Waals surface area (Å²) in [5.41, 5.74) is 0. The first-order valence-electron chi connectivity index (χ1n) is 6.08. The summed E-state index contributed by atoms with van der Waals surface area (Å²) in [6.07, 6.45) is 4.99. The maximum absolute atomic E-state index is 10.5. The molecule has 0 bridgehead atoms. The lowest BCUT2D eigenvalue weighted by molar-refractivity contribution is -0.137. The predicted molar refractivity (Wildman–Crippen MR) is 61.4 cm³/mol. The van der Waals surface area contributed by atoms with Crippen LogP contribution in [0.4, 0.5) is 0 Å². The Morgan fingerprint density at radius 2 is 2.53 bits per heavy atom. The fourth-order valence-corrected chi connectivity index (χ4v) is 2.40. The van der Waals surface area contributed by atoms with Gasteiger partial charge in [-0.1, -0.05) is 5.16 Å². The van der Waals surface area contributed by atoms with Crippen LogP contribution in [-0.4, -0.2) is 34.2 Å². The maximum Gasteiger partial charge on any atom is 0.303 e. The van der Waals surface area contributed by atoms with Crippen molar-refractivity contribution in [3.8, 4) is 0 Å². The highest BCUT2D eigenvalue weighted by Gasteiger charge is 2.21. The summed E-state index contributed by atoms with van der Waals surface area (Å²) < 4.78 is 5.08. The fraction of sp³-hybridized carbons (Fsp3) is 0.667. The SMILES string of the molecule is O=C(O)CCC1CCCN(Cc2ccno2)C1. The second-order valence-corrected chi connectivity index (χ2v) is 4.65. The molecule has 5 heteroatoms. The van der Waals surface area contributed by atoms with Gasteiger partial charge in [-0.05, 0) is 31.7 Å². The van der Waals surface area contributed by atoms with Crippen LogP contribution >= 0.6 is 0 Å². The number of aromatic nitrogens is 1. The molecule has 1 aliphatic heterocycles. The van der Waals surface area contributed by atoms with Crippen LogP contribution in [0.5, 0.6) is 0 Å². The number of carboxylic acids is 1. The second kappa shape index (κ2) is 5.82. The van der Waals surface area contributed by atoms with Crippen LogP contribution in [0.15, 0.2) is 16.8 Å². The van der Waals surface area contributed by atoms with Gasteiger partial charge in [0.05, 0.1) is 12.7 Å². The monoisotopic (exact) mass is 238 g/mol. The van der Waals surface area contributed by atoms with Crippen molar-refractivity contribution in [3.05, 3.63) is 18.0 Å². The molecular formula is C12H18N2O3. The molecule has 0 radical (unpaired) electrons. The van der Waals surface area contributed by atoms with Gasteiger partial charge in [0.15, 0.2) is 5.76 Å². The van der Waals surface area contributed by atoms with E-state index in [0.29, 0.717) is 5.92 Å². The van der Waals surface area contributed by atoms with E-state index >= 15 is 0 Å². The van der Waals surface area contributed by atoms with Crippen LogP contribution < -0.4 is 0 Å². The molecule has 0 spiro atoms. The minimum Gasteiger partial charge on any atom is -0.481 e. The summed E-state index contributed by atoms with van der Waals surface area (Å²) in [5.74, 6) is 0.684. The third kappa shape index (κ3) is 3.85. The molecular weight excluding hydrogens is 220 g/mol. The first kappa shape index (κ1) is 12.1. The van der Waals surface area contributed by atoms with E-state index in [4.69, 9.17) is 9.63 Å². The number of carbonyl (C=O) groups is 1. The van der Waals surface area contributed by atoms with Gasteiger partial charge in [-0.15, -0.1) is 0 Å². The topological polar surface area (TPSA) is 66.6 Å². The number of likely N-dealkylation sites (tertiary alicyclic amines) is 1. The highest BCUT2D eigenvalue weighted by Crippen LogP contribution is 2.22. The van der Waals surface area contributed by atoms with Crippen LogP contribution in [0, 0.1) is 5.92 Å². The lowest BCUT2D eigenvalue weighted by Crippen LogP contribution is -2.35. The molecule has 0 aromatic carbocycles. The Labute approximate surface area is 100 Å². The third-order valence-electron chi connectivity index (χ3n) is 3.24. The molecule has 2 heterocycles. The first-order chi connectivity index (χ1) is 8.24. The number of carboxylic acid groups (broad SMARTS) is 1. The van der Waals surface area contributed by atoms with Crippen LogP contribution in [0.3, 0.4) is 0 Å². The van der Waals surface area contributed by atoms with Crippen LogP contribution in [-0.2, 0) is 11.3 Å². The van der Waals surface area contributed by atoms with Gasteiger partial charge in [0.1, 0.15) is 0 Å². The molecule has 1 saturated heterocycles. The third-order valence-corrected chi connectivity index (χ3v) is 3.24. The van der Waals surface area contributed by atoms with E-state index in [9.17, 15) is 4.79 Å². The Morgan fingerprint density at radius 3 is 3.24 bits per heavy atom. The van der Waals surface area contributed by atoms with Crippen molar-refractivity contribution < 1.29 is 14.4 Å². The number of hydrogen-bond donors (Lipinski definition) is 1.